The molecule has 2 heterocycles. The van der Waals surface area contributed by atoms with Crippen molar-refractivity contribution in [2.45, 2.75) is 31.8 Å². The summed E-state index contributed by atoms with van der Waals surface area (Å²) in [6, 6.07) is 9.70. The average Bonchev–Trinajstić information content (AvgIpc) is 3.35. The molecule has 146 valence electrons. The Kier molecular flexibility index (Phi) is 4.93. The van der Waals surface area contributed by atoms with E-state index >= 15 is 0 Å². The highest BCUT2D eigenvalue weighted by Crippen LogP contribution is 2.30. The van der Waals surface area contributed by atoms with E-state index in [4.69, 9.17) is 0 Å². The van der Waals surface area contributed by atoms with Crippen LogP contribution in [0.15, 0.2) is 36.7 Å². The predicted molar refractivity (Wildman–Crippen MR) is 99.7 cm³/mol. The molecular formula is C20H23N5O3. The van der Waals surface area contributed by atoms with Crippen molar-refractivity contribution in [3.05, 3.63) is 48.0 Å². The molecule has 2 fully saturated rings. The van der Waals surface area contributed by atoms with Gasteiger partial charge in [-0.2, -0.15) is 5.10 Å². The Balaban J connectivity index is 1.55. The number of amides is 2. The average molecular weight is 381 g/mol. The summed E-state index contributed by atoms with van der Waals surface area (Å²) in [5, 5.41) is 6.78. The molecule has 1 saturated carbocycles. The van der Waals surface area contributed by atoms with Crippen LogP contribution in [0.4, 0.5) is 0 Å². The molecule has 0 spiro atoms. The summed E-state index contributed by atoms with van der Waals surface area (Å²) >= 11 is 0. The predicted octanol–water partition coefficient (Wildman–Crippen LogP) is 0.480. The van der Waals surface area contributed by atoms with Gasteiger partial charge in [-0.05, 0) is 24.8 Å². The van der Waals surface area contributed by atoms with Gasteiger partial charge in [-0.15, -0.1) is 0 Å². The van der Waals surface area contributed by atoms with Crippen LogP contribution >= 0.6 is 0 Å². The SMILES string of the molecule is Cn1ncnc1CN1C[C@@H](C(=O)C(=O)NC2CC2)[C@H](Cc2ccccc2)C1=O. The number of hydrogen-bond donors (Lipinski definition) is 1. The second-order valence-electron chi connectivity index (χ2n) is 7.53. The molecule has 1 aliphatic carbocycles. The molecule has 1 aromatic carbocycles. The van der Waals surface area contributed by atoms with Crippen molar-refractivity contribution in [1.82, 2.24) is 25.0 Å². The number of carbonyl (C=O) groups is 3. The largest absolute Gasteiger partial charge is 0.347 e. The Labute approximate surface area is 162 Å². The Morgan fingerprint density at radius 3 is 2.61 bits per heavy atom. The molecule has 1 aromatic heterocycles. The van der Waals surface area contributed by atoms with E-state index in [1.807, 2.05) is 30.3 Å². The molecule has 2 aromatic rings. The smallest absolute Gasteiger partial charge is 0.287 e. The maximum absolute atomic E-state index is 13.1. The zero-order valence-corrected chi connectivity index (χ0v) is 15.7. The first-order chi connectivity index (χ1) is 13.5. The minimum atomic E-state index is -0.653. The number of hydrogen-bond acceptors (Lipinski definition) is 5. The minimum absolute atomic E-state index is 0.107. The summed E-state index contributed by atoms with van der Waals surface area (Å²) in [4.78, 5) is 44.1. The lowest BCUT2D eigenvalue weighted by atomic mass is 9.86. The van der Waals surface area contributed by atoms with Crippen LogP contribution in [0.5, 0.6) is 0 Å². The van der Waals surface area contributed by atoms with Crippen LogP contribution in [-0.2, 0) is 34.4 Å². The van der Waals surface area contributed by atoms with E-state index < -0.39 is 23.5 Å². The first kappa shape index (κ1) is 18.3. The van der Waals surface area contributed by atoms with E-state index in [1.165, 1.54) is 6.33 Å². The fourth-order valence-electron chi connectivity index (χ4n) is 3.65. The molecule has 0 unspecified atom stereocenters. The van der Waals surface area contributed by atoms with E-state index in [0.717, 1.165) is 18.4 Å². The van der Waals surface area contributed by atoms with Gasteiger partial charge in [0.2, 0.25) is 11.7 Å². The van der Waals surface area contributed by atoms with Crippen LogP contribution in [-0.4, -0.2) is 49.8 Å². The van der Waals surface area contributed by atoms with Gasteiger partial charge in [0.1, 0.15) is 12.2 Å². The van der Waals surface area contributed by atoms with Crippen LogP contribution in [0.25, 0.3) is 0 Å². The summed E-state index contributed by atoms with van der Waals surface area (Å²) in [6.45, 7) is 0.495. The number of nitrogens with zero attached hydrogens (tertiary/aromatic N) is 4. The second kappa shape index (κ2) is 7.53. The van der Waals surface area contributed by atoms with Crippen LogP contribution < -0.4 is 5.32 Å². The molecule has 0 bridgehead atoms. The maximum Gasteiger partial charge on any atom is 0.287 e. The maximum atomic E-state index is 13.1. The third-order valence-corrected chi connectivity index (χ3v) is 5.44. The zero-order valence-electron chi connectivity index (χ0n) is 15.7. The van der Waals surface area contributed by atoms with Gasteiger partial charge in [-0.3, -0.25) is 19.1 Å². The van der Waals surface area contributed by atoms with E-state index in [9.17, 15) is 14.4 Å². The number of rotatable bonds is 7. The van der Waals surface area contributed by atoms with Gasteiger partial charge < -0.3 is 10.2 Å². The lowest BCUT2D eigenvalue weighted by molar-refractivity contribution is -0.141. The Morgan fingerprint density at radius 2 is 1.96 bits per heavy atom. The Morgan fingerprint density at radius 1 is 1.21 bits per heavy atom. The standard InChI is InChI=1S/C20H23N5O3/c1-24-17(21-12-22-24)11-25-10-16(18(26)19(27)23-14-7-8-14)15(20(25)28)9-13-5-3-2-4-6-13/h2-6,12,14-16H,7-11H2,1H3,(H,23,27)/t15-,16+/m0/s1. The number of aryl methyl sites for hydroxylation is 1. The molecule has 4 rings (SSSR count). The van der Waals surface area contributed by atoms with Crippen molar-refractivity contribution >= 4 is 17.6 Å². The molecular weight excluding hydrogens is 358 g/mol. The normalized spacial score (nSPS) is 21.8. The molecule has 1 saturated heterocycles. The van der Waals surface area contributed by atoms with E-state index in [0.29, 0.717) is 12.2 Å². The quantitative estimate of drug-likeness (QED) is 0.704. The third kappa shape index (κ3) is 3.81. The molecule has 8 nitrogen and oxygen atoms in total. The minimum Gasteiger partial charge on any atom is -0.347 e. The monoisotopic (exact) mass is 381 g/mol. The van der Waals surface area contributed by atoms with Gasteiger partial charge in [0, 0.05) is 19.6 Å². The van der Waals surface area contributed by atoms with Gasteiger partial charge in [0.05, 0.1) is 18.4 Å². The number of ketones is 1. The second-order valence-corrected chi connectivity index (χ2v) is 7.53. The summed E-state index contributed by atoms with van der Waals surface area (Å²) in [6.07, 6.45) is 3.69. The molecule has 1 N–H and O–H groups in total. The number of carbonyl (C=O) groups excluding carboxylic acids is 3. The van der Waals surface area contributed by atoms with Gasteiger partial charge in [0.15, 0.2) is 0 Å². The van der Waals surface area contributed by atoms with Gasteiger partial charge in [-0.1, -0.05) is 30.3 Å². The number of nitrogens with one attached hydrogen (secondary N) is 1. The van der Waals surface area contributed by atoms with Crippen LogP contribution in [0.3, 0.4) is 0 Å². The number of aromatic nitrogens is 3. The Bertz CT molecular complexity index is 890. The molecule has 2 atom stereocenters. The number of Topliss-reactive ketones (excluding diaryl/α,β-unsaturated/α-hetero) is 1. The highest BCUT2D eigenvalue weighted by molar-refractivity contribution is 6.37. The summed E-state index contributed by atoms with van der Waals surface area (Å²) in [5.74, 6) is -1.75. The number of likely N-dealkylation sites (tertiary alicyclic amines) is 1. The highest BCUT2D eigenvalue weighted by atomic mass is 16.2. The van der Waals surface area contributed by atoms with Gasteiger partial charge in [0.25, 0.3) is 5.91 Å². The van der Waals surface area contributed by atoms with Crippen molar-refractivity contribution in [3.8, 4) is 0 Å². The molecule has 2 aliphatic rings. The molecule has 2 amide bonds. The molecule has 0 radical (unpaired) electrons. The molecule has 8 heteroatoms. The third-order valence-electron chi connectivity index (χ3n) is 5.44. The van der Waals surface area contributed by atoms with Gasteiger partial charge >= 0.3 is 0 Å². The van der Waals surface area contributed by atoms with E-state index in [1.54, 1.807) is 16.6 Å². The van der Waals surface area contributed by atoms with Crippen molar-refractivity contribution < 1.29 is 14.4 Å². The topological polar surface area (TPSA) is 97.2 Å². The van der Waals surface area contributed by atoms with Crippen molar-refractivity contribution in [2.75, 3.05) is 6.54 Å². The first-order valence-corrected chi connectivity index (χ1v) is 9.53. The summed E-state index contributed by atoms with van der Waals surface area (Å²) < 4.78 is 1.61. The Hall–Kier alpha value is -3.03. The zero-order chi connectivity index (χ0) is 19.7. The van der Waals surface area contributed by atoms with E-state index in [2.05, 4.69) is 15.4 Å². The van der Waals surface area contributed by atoms with Crippen molar-refractivity contribution in [3.63, 3.8) is 0 Å². The van der Waals surface area contributed by atoms with Crippen LogP contribution in [0.1, 0.15) is 24.2 Å². The van der Waals surface area contributed by atoms with Crippen molar-refractivity contribution in [1.29, 1.82) is 0 Å². The van der Waals surface area contributed by atoms with E-state index in [-0.39, 0.29) is 25.0 Å². The lowest BCUT2D eigenvalue weighted by Gasteiger charge is -2.16. The fourth-order valence-corrected chi connectivity index (χ4v) is 3.65. The molecule has 1 aliphatic heterocycles. The van der Waals surface area contributed by atoms with Gasteiger partial charge in [-0.25, -0.2) is 4.98 Å². The van der Waals surface area contributed by atoms with Crippen LogP contribution in [0.2, 0.25) is 0 Å². The first-order valence-electron chi connectivity index (χ1n) is 9.53. The summed E-state index contributed by atoms with van der Waals surface area (Å²) in [5.41, 5.74) is 0.974. The van der Waals surface area contributed by atoms with Crippen LogP contribution in [0, 0.1) is 11.8 Å². The van der Waals surface area contributed by atoms with Crippen molar-refractivity contribution in [2.24, 2.45) is 18.9 Å². The lowest BCUT2D eigenvalue weighted by Crippen LogP contribution is -2.39. The number of benzene rings is 1. The fraction of sp³-hybridized carbons (Fsp3) is 0.450. The highest BCUT2D eigenvalue weighted by Gasteiger charge is 2.46. The summed E-state index contributed by atoms with van der Waals surface area (Å²) in [7, 11) is 1.76. The molecule has 28 heavy (non-hydrogen) atoms.